The van der Waals surface area contributed by atoms with Crippen LogP contribution >= 0.6 is 15.9 Å². The first-order valence-electron chi connectivity index (χ1n) is 9.21. The zero-order valence-corrected chi connectivity index (χ0v) is 17.4. The van der Waals surface area contributed by atoms with Gasteiger partial charge >= 0.3 is 0 Å². The highest BCUT2D eigenvalue weighted by Gasteiger charge is 2.12. The Morgan fingerprint density at radius 3 is 2.87 bits per heavy atom. The minimum Gasteiger partial charge on any atom is -0.380 e. The van der Waals surface area contributed by atoms with Crippen molar-refractivity contribution in [1.29, 1.82) is 5.26 Å². The van der Waals surface area contributed by atoms with Crippen LogP contribution in [0.15, 0.2) is 71.6 Å². The minimum atomic E-state index is -0.218. The molecule has 0 fully saturated rings. The molecule has 148 valence electrons. The molecule has 2 aromatic heterocycles. The maximum atomic E-state index is 12.9. The lowest BCUT2D eigenvalue weighted by atomic mass is 10.1. The third-order valence-electron chi connectivity index (χ3n) is 4.49. The van der Waals surface area contributed by atoms with E-state index in [0.717, 1.165) is 26.8 Å². The van der Waals surface area contributed by atoms with E-state index in [2.05, 4.69) is 42.7 Å². The van der Waals surface area contributed by atoms with E-state index in [9.17, 15) is 4.79 Å². The summed E-state index contributed by atoms with van der Waals surface area (Å²) in [6.45, 7) is 0.747. The van der Waals surface area contributed by atoms with Crippen LogP contribution in [0.25, 0.3) is 10.9 Å². The third kappa shape index (κ3) is 4.47. The number of benzene rings is 2. The molecule has 2 N–H and O–H groups in total. The first-order valence-corrected chi connectivity index (χ1v) is 10.0. The lowest BCUT2D eigenvalue weighted by Gasteiger charge is -2.12. The number of nitrogens with zero attached hydrogens (tertiary/aromatic N) is 4. The summed E-state index contributed by atoms with van der Waals surface area (Å²) in [5, 5.41) is 20.3. The maximum Gasteiger partial charge on any atom is 0.257 e. The number of anilines is 2. The number of amides is 1. The van der Waals surface area contributed by atoms with Crippen LogP contribution in [-0.4, -0.2) is 20.7 Å². The summed E-state index contributed by atoms with van der Waals surface area (Å²) in [5.41, 5.74) is 3.69. The lowest BCUT2D eigenvalue weighted by molar-refractivity contribution is 0.102. The Hall–Kier alpha value is -3.70. The van der Waals surface area contributed by atoms with E-state index in [0.29, 0.717) is 17.8 Å². The molecule has 4 aromatic rings. The second-order valence-electron chi connectivity index (χ2n) is 6.60. The van der Waals surface area contributed by atoms with E-state index in [1.165, 1.54) is 0 Å². The highest BCUT2D eigenvalue weighted by atomic mass is 79.9. The van der Waals surface area contributed by atoms with Crippen molar-refractivity contribution in [3.63, 3.8) is 0 Å². The molecule has 0 aliphatic carbocycles. The van der Waals surface area contributed by atoms with Crippen LogP contribution in [0.4, 0.5) is 11.4 Å². The summed E-state index contributed by atoms with van der Waals surface area (Å²) in [6.07, 6.45) is 3.54. The van der Waals surface area contributed by atoms with Gasteiger partial charge in [0.05, 0.1) is 17.1 Å². The van der Waals surface area contributed by atoms with Crippen molar-refractivity contribution in [2.75, 3.05) is 10.6 Å². The van der Waals surface area contributed by atoms with Crippen LogP contribution < -0.4 is 10.6 Å². The van der Waals surface area contributed by atoms with Gasteiger partial charge in [-0.2, -0.15) is 10.4 Å². The van der Waals surface area contributed by atoms with Crippen molar-refractivity contribution in [1.82, 2.24) is 14.8 Å². The van der Waals surface area contributed by atoms with Gasteiger partial charge in [0.2, 0.25) is 0 Å². The molecule has 0 bridgehead atoms. The predicted molar refractivity (Wildman–Crippen MR) is 119 cm³/mol. The van der Waals surface area contributed by atoms with Crippen LogP contribution in [0.3, 0.4) is 0 Å². The number of nitriles is 1. The average molecular weight is 461 g/mol. The molecule has 0 spiro atoms. The van der Waals surface area contributed by atoms with Crippen molar-refractivity contribution >= 4 is 44.1 Å². The van der Waals surface area contributed by atoms with E-state index in [-0.39, 0.29) is 12.5 Å². The number of pyridine rings is 1. The summed E-state index contributed by atoms with van der Waals surface area (Å²) in [5.74, 6) is -0.218. The third-order valence-corrected chi connectivity index (χ3v) is 4.92. The summed E-state index contributed by atoms with van der Waals surface area (Å²) >= 11 is 3.36. The van der Waals surface area contributed by atoms with Gasteiger partial charge in [-0.15, -0.1) is 0 Å². The van der Waals surface area contributed by atoms with Gasteiger partial charge in [0.15, 0.2) is 0 Å². The van der Waals surface area contributed by atoms with Crippen LogP contribution in [0.5, 0.6) is 0 Å². The zero-order valence-electron chi connectivity index (χ0n) is 15.8. The number of fused-ring (bicyclic) bond motifs is 1. The number of rotatable bonds is 6. The van der Waals surface area contributed by atoms with Crippen LogP contribution in [0.1, 0.15) is 15.9 Å². The minimum absolute atomic E-state index is 0.184. The van der Waals surface area contributed by atoms with Crippen molar-refractivity contribution in [3.05, 3.63) is 82.7 Å². The molecule has 30 heavy (non-hydrogen) atoms. The highest BCUT2D eigenvalue weighted by molar-refractivity contribution is 9.10. The maximum absolute atomic E-state index is 12.9. The quantitative estimate of drug-likeness (QED) is 0.410. The molecule has 0 saturated heterocycles. The Bertz CT molecular complexity index is 1260. The Labute approximate surface area is 181 Å². The van der Waals surface area contributed by atoms with Crippen LogP contribution in [0.2, 0.25) is 0 Å². The smallest absolute Gasteiger partial charge is 0.257 e. The molecule has 2 aromatic carbocycles. The summed E-state index contributed by atoms with van der Waals surface area (Å²) in [7, 11) is 0. The molecule has 0 aliphatic heterocycles. The fourth-order valence-electron chi connectivity index (χ4n) is 3.08. The second-order valence-corrected chi connectivity index (χ2v) is 7.41. The average Bonchev–Trinajstić information content (AvgIpc) is 3.14. The molecule has 1 amide bonds. The second kappa shape index (κ2) is 8.76. The van der Waals surface area contributed by atoms with Crippen LogP contribution in [-0.2, 0) is 13.1 Å². The van der Waals surface area contributed by atoms with E-state index in [1.54, 1.807) is 29.2 Å². The standard InChI is InChI=1S/C22H17BrN6O/c23-21-11-15(7-9-25-21)13-26-19-4-2-1-3-18(19)22(30)27-17-6-5-16-14-29(10-8-24)28-20(16)12-17/h1-7,9,11-12,14,26H,10,13H2,(H,27,30). The summed E-state index contributed by atoms with van der Waals surface area (Å²) in [6, 6.07) is 18.8. The van der Waals surface area contributed by atoms with Crippen molar-refractivity contribution in [3.8, 4) is 6.07 Å². The number of carbonyl (C=O) groups excluding carboxylic acids is 1. The molecule has 8 heteroatoms. The topological polar surface area (TPSA) is 95.6 Å². The van der Waals surface area contributed by atoms with Crippen molar-refractivity contribution in [2.45, 2.75) is 13.1 Å². The Kier molecular flexibility index (Phi) is 5.72. The first-order chi connectivity index (χ1) is 14.6. The van der Waals surface area contributed by atoms with E-state index in [1.807, 2.05) is 42.5 Å². The number of hydrogen-bond acceptors (Lipinski definition) is 5. The Morgan fingerprint density at radius 1 is 1.17 bits per heavy atom. The van der Waals surface area contributed by atoms with Gasteiger partial charge in [0.25, 0.3) is 5.91 Å². The van der Waals surface area contributed by atoms with Gasteiger partial charge in [-0.25, -0.2) is 4.98 Å². The summed E-state index contributed by atoms with van der Waals surface area (Å²) < 4.78 is 2.34. The van der Waals surface area contributed by atoms with Gasteiger partial charge in [0.1, 0.15) is 11.1 Å². The number of para-hydroxylation sites is 1. The largest absolute Gasteiger partial charge is 0.380 e. The van der Waals surface area contributed by atoms with E-state index >= 15 is 0 Å². The zero-order chi connectivity index (χ0) is 20.9. The number of nitrogens with one attached hydrogen (secondary N) is 2. The van der Waals surface area contributed by atoms with Gasteiger partial charge in [-0.3, -0.25) is 9.48 Å². The Morgan fingerprint density at radius 2 is 2.03 bits per heavy atom. The first kappa shape index (κ1) is 19.6. The lowest BCUT2D eigenvalue weighted by Crippen LogP contribution is -2.14. The fourth-order valence-corrected chi connectivity index (χ4v) is 3.49. The molecule has 0 atom stereocenters. The number of halogens is 1. The van der Waals surface area contributed by atoms with E-state index in [4.69, 9.17) is 5.26 Å². The number of hydrogen-bond donors (Lipinski definition) is 2. The molecule has 0 saturated carbocycles. The van der Waals surface area contributed by atoms with Crippen molar-refractivity contribution in [2.24, 2.45) is 0 Å². The monoisotopic (exact) mass is 460 g/mol. The van der Waals surface area contributed by atoms with Gasteiger partial charge in [0, 0.05) is 35.7 Å². The molecular formula is C22H17BrN6O. The molecule has 4 rings (SSSR count). The van der Waals surface area contributed by atoms with E-state index < -0.39 is 0 Å². The van der Waals surface area contributed by atoms with Crippen molar-refractivity contribution < 1.29 is 4.79 Å². The normalized spacial score (nSPS) is 10.5. The molecule has 2 heterocycles. The molecule has 0 radical (unpaired) electrons. The molecule has 0 unspecified atom stereocenters. The molecular weight excluding hydrogens is 444 g/mol. The number of carbonyl (C=O) groups is 1. The fraction of sp³-hybridized carbons (Fsp3) is 0.0909. The Balaban J connectivity index is 1.51. The number of aromatic nitrogens is 3. The van der Waals surface area contributed by atoms with Crippen LogP contribution in [0, 0.1) is 11.3 Å². The predicted octanol–water partition coefficient (Wildman–Crippen LogP) is 4.58. The van der Waals surface area contributed by atoms with Gasteiger partial charge < -0.3 is 10.6 Å². The SMILES string of the molecule is N#CCn1cc2ccc(NC(=O)c3ccccc3NCc3ccnc(Br)c3)cc2n1. The summed E-state index contributed by atoms with van der Waals surface area (Å²) in [4.78, 5) is 17.0. The van der Waals surface area contributed by atoms with Gasteiger partial charge in [-0.1, -0.05) is 12.1 Å². The molecule has 0 aliphatic rings. The molecule has 7 nitrogen and oxygen atoms in total. The van der Waals surface area contributed by atoms with Gasteiger partial charge in [-0.05, 0) is 64.0 Å². The highest BCUT2D eigenvalue weighted by Crippen LogP contribution is 2.21.